The number of hydrogen-bond acceptors (Lipinski definition) is 4. The normalized spacial score (nSPS) is 10.3. The first-order valence-corrected chi connectivity index (χ1v) is 7.41. The molecule has 2 rings (SSSR count). The predicted molar refractivity (Wildman–Crippen MR) is 76.2 cm³/mol. The van der Waals surface area contributed by atoms with Gasteiger partial charge in [0.25, 0.3) is 5.91 Å². The fraction of sp³-hybridized carbons (Fsp3) is 0.231. The van der Waals surface area contributed by atoms with Crippen LogP contribution in [-0.4, -0.2) is 17.9 Å². The molecule has 2 aromatic rings. The molecule has 0 aliphatic heterocycles. The summed E-state index contributed by atoms with van der Waals surface area (Å²) in [5.41, 5.74) is 1.80. The third-order valence-corrected chi connectivity index (χ3v) is 4.26. The molecule has 94 valence electrons. The molecule has 0 bridgehead atoms. The van der Waals surface area contributed by atoms with E-state index in [1.165, 1.54) is 0 Å². The lowest BCUT2D eigenvalue weighted by Crippen LogP contribution is -2.17. The number of hydrogen-bond donors (Lipinski definition) is 1. The Bertz CT molecular complexity index is 534. The van der Waals surface area contributed by atoms with Gasteiger partial charge < -0.3 is 5.32 Å². The summed E-state index contributed by atoms with van der Waals surface area (Å²) >= 11 is 3.40. The largest absolute Gasteiger partial charge is 0.355 e. The molecule has 0 unspecified atom stereocenters. The van der Waals surface area contributed by atoms with Crippen molar-refractivity contribution in [3.63, 3.8) is 0 Å². The molecule has 0 saturated carbocycles. The highest BCUT2D eigenvalue weighted by atomic mass is 32.2. The number of aryl methyl sites for hydroxylation is 1. The minimum atomic E-state index is -0.0540. The van der Waals surface area contributed by atoms with Crippen molar-refractivity contribution in [3.05, 3.63) is 45.9 Å². The molecule has 3 nitrogen and oxygen atoms in total. The fourth-order valence-corrected chi connectivity index (χ4v) is 2.99. The Morgan fingerprint density at radius 3 is 2.67 bits per heavy atom. The molecular weight excluding hydrogens is 264 g/mol. The molecule has 0 aliphatic carbocycles. The molecule has 0 aliphatic rings. The Balaban J connectivity index is 1.96. The number of nitrogens with zero attached hydrogens (tertiary/aromatic N) is 1. The zero-order chi connectivity index (χ0) is 13.0. The van der Waals surface area contributed by atoms with Crippen LogP contribution in [0.2, 0.25) is 0 Å². The smallest absolute Gasteiger partial charge is 0.251 e. The minimum Gasteiger partial charge on any atom is -0.355 e. The zero-order valence-electron chi connectivity index (χ0n) is 10.3. The van der Waals surface area contributed by atoms with E-state index >= 15 is 0 Å². The van der Waals surface area contributed by atoms with Crippen LogP contribution in [-0.2, 0) is 5.75 Å². The Labute approximate surface area is 115 Å². The van der Waals surface area contributed by atoms with Gasteiger partial charge in [-0.1, -0.05) is 0 Å². The second-order valence-corrected chi connectivity index (χ2v) is 5.86. The van der Waals surface area contributed by atoms with E-state index in [0.29, 0.717) is 5.56 Å². The summed E-state index contributed by atoms with van der Waals surface area (Å²) in [6.07, 6.45) is 0. The second kappa shape index (κ2) is 6.02. The van der Waals surface area contributed by atoms with Gasteiger partial charge in [0.05, 0.1) is 10.7 Å². The number of nitrogens with one attached hydrogen (secondary N) is 1. The third-order valence-electron chi connectivity index (χ3n) is 2.40. The Morgan fingerprint density at radius 2 is 2.11 bits per heavy atom. The summed E-state index contributed by atoms with van der Waals surface area (Å²) in [6, 6.07) is 7.61. The van der Waals surface area contributed by atoms with Crippen molar-refractivity contribution in [1.29, 1.82) is 0 Å². The van der Waals surface area contributed by atoms with Gasteiger partial charge in [-0.25, -0.2) is 4.98 Å². The van der Waals surface area contributed by atoms with Crippen LogP contribution in [0.15, 0.2) is 34.5 Å². The van der Waals surface area contributed by atoms with Gasteiger partial charge in [-0.3, -0.25) is 4.79 Å². The van der Waals surface area contributed by atoms with Crippen LogP contribution in [0.5, 0.6) is 0 Å². The van der Waals surface area contributed by atoms with Gasteiger partial charge in [-0.15, -0.1) is 23.1 Å². The fourth-order valence-electron chi connectivity index (χ4n) is 1.48. The van der Waals surface area contributed by atoms with E-state index in [1.807, 2.05) is 31.2 Å². The van der Waals surface area contributed by atoms with Crippen LogP contribution in [0.25, 0.3) is 0 Å². The van der Waals surface area contributed by atoms with Crippen molar-refractivity contribution in [3.8, 4) is 0 Å². The summed E-state index contributed by atoms with van der Waals surface area (Å²) < 4.78 is 0. The lowest BCUT2D eigenvalue weighted by Gasteiger charge is -2.02. The molecule has 0 spiro atoms. The topological polar surface area (TPSA) is 42.0 Å². The number of thioether (sulfide) groups is 1. The van der Waals surface area contributed by atoms with Crippen LogP contribution in [0.4, 0.5) is 0 Å². The van der Waals surface area contributed by atoms with Crippen LogP contribution >= 0.6 is 23.1 Å². The van der Waals surface area contributed by atoms with E-state index in [4.69, 9.17) is 0 Å². The maximum absolute atomic E-state index is 11.4. The van der Waals surface area contributed by atoms with E-state index in [2.05, 4.69) is 15.7 Å². The molecule has 1 aromatic heterocycles. The summed E-state index contributed by atoms with van der Waals surface area (Å²) in [5, 5.41) is 5.79. The number of aromatic nitrogens is 1. The third kappa shape index (κ3) is 3.34. The Kier molecular flexibility index (Phi) is 4.38. The average molecular weight is 278 g/mol. The number of carbonyl (C=O) groups excluding carboxylic acids is 1. The standard InChI is InChI=1S/C13H14N2OS2/c1-9-15-11(7-17-9)8-18-12-5-3-10(4-6-12)13(16)14-2/h3-7H,8H2,1-2H3,(H,14,16). The quantitative estimate of drug-likeness (QED) is 0.874. The summed E-state index contributed by atoms with van der Waals surface area (Å²) in [4.78, 5) is 16.9. The molecule has 5 heteroatoms. The molecule has 1 amide bonds. The molecule has 1 aromatic carbocycles. The van der Waals surface area contributed by atoms with Crippen molar-refractivity contribution in [1.82, 2.24) is 10.3 Å². The first-order valence-electron chi connectivity index (χ1n) is 5.55. The predicted octanol–water partition coefficient (Wildman–Crippen LogP) is 3.10. The molecule has 0 saturated heterocycles. The molecule has 0 atom stereocenters. The minimum absolute atomic E-state index is 0.0540. The summed E-state index contributed by atoms with van der Waals surface area (Å²) in [5.74, 6) is 0.811. The van der Waals surface area contributed by atoms with Gasteiger partial charge >= 0.3 is 0 Å². The van der Waals surface area contributed by atoms with Crippen LogP contribution < -0.4 is 5.32 Å². The highest BCUT2D eigenvalue weighted by Gasteiger charge is 2.03. The van der Waals surface area contributed by atoms with Crippen LogP contribution in [0.3, 0.4) is 0 Å². The van der Waals surface area contributed by atoms with E-state index in [0.717, 1.165) is 21.3 Å². The van der Waals surface area contributed by atoms with E-state index in [1.54, 1.807) is 30.1 Å². The van der Waals surface area contributed by atoms with Crippen molar-refractivity contribution in [2.24, 2.45) is 0 Å². The summed E-state index contributed by atoms with van der Waals surface area (Å²) in [7, 11) is 1.63. The monoisotopic (exact) mass is 278 g/mol. The SMILES string of the molecule is CNC(=O)c1ccc(SCc2csc(C)n2)cc1. The molecule has 1 heterocycles. The second-order valence-electron chi connectivity index (χ2n) is 3.75. The lowest BCUT2D eigenvalue weighted by atomic mass is 10.2. The Morgan fingerprint density at radius 1 is 1.39 bits per heavy atom. The van der Waals surface area contributed by atoms with Gasteiger partial charge in [-0.2, -0.15) is 0 Å². The molecule has 0 fully saturated rings. The molecule has 1 N–H and O–H groups in total. The summed E-state index contributed by atoms with van der Waals surface area (Å²) in [6.45, 7) is 2.01. The zero-order valence-corrected chi connectivity index (χ0v) is 11.9. The van der Waals surface area contributed by atoms with Gasteiger partial charge in [0.2, 0.25) is 0 Å². The highest BCUT2D eigenvalue weighted by Crippen LogP contribution is 2.23. The van der Waals surface area contributed by atoms with E-state index < -0.39 is 0 Å². The number of benzene rings is 1. The maximum Gasteiger partial charge on any atom is 0.251 e. The first-order chi connectivity index (χ1) is 8.69. The molecule has 18 heavy (non-hydrogen) atoms. The molecular formula is C13H14N2OS2. The number of amides is 1. The van der Waals surface area contributed by atoms with E-state index in [-0.39, 0.29) is 5.91 Å². The van der Waals surface area contributed by atoms with Gasteiger partial charge in [-0.05, 0) is 31.2 Å². The molecule has 0 radical (unpaired) electrons. The number of carbonyl (C=O) groups is 1. The van der Waals surface area contributed by atoms with Crippen molar-refractivity contribution in [2.45, 2.75) is 17.6 Å². The highest BCUT2D eigenvalue weighted by molar-refractivity contribution is 7.98. The van der Waals surface area contributed by atoms with Gasteiger partial charge in [0.1, 0.15) is 0 Å². The van der Waals surface area contributed by atoms with Crippen molar-refractivity contribution < 1.29 is 4.79 Å². The van der Waals surface area contributed by atoms with Crippen molar-refractivity contribution in [2.75, 3.05) is 7.05 Å². The van der Waals surface area contributed by atoms with Crippen LogP contribution in [0.1, 0.15) is 21.1 Å². The van der Waals surface area contributed by atoms with E-state index in [9.17, 15) is 4.79 Å². The van der Waals surface area contributed by atoms with Gasteiger partial charge in [0.15, 0.2) is 0 Å². The maximum atomic E-state index is 11.4. The average Bonchev–Trinajstić information content (AvgIpc) is 2.82. The van der Waals surface area contributed by atoms with Crippen LogP contribution in [0, 0.1) is 6.92 Å². The lowest BCUT2D eigenvalue weighted by molar-refractivity contribution is 0.0963. The first kappa shape index (κ1) is 13.1. The van der Waals surface area contributed by atoms with Crippen molar-refractivity contribution >= 4 is 29.0 Å². The number of rotatable bonds is 4. The Hall–Kier alpha value is -1.33. The number of thiazole rings is 1. The van der Waals surface area contributed by atoms with Gasteiger partial charge in [0, 0.05) is 28.6 Å².